The van der Waals surface area contributed by atoms with Crippen molar-refractivity contribution in [2.45, 2.75) is 45.1 Å². The summed E-state index contributed by atoms with van der Waals surface area (Å²) in [7, 11) is 1.90. The number of carbonyl (C=O) groups is 1. The van der Waals surface area contributed by atoms with E-state index in [9.17, 15) is 4.79 Å². The molecule has 0 spiro atoms. The molecular formula is C33H40N7O+. The number of hydrogen-bond donors (Lipinski definition) is 2. The summed E-state index contributed by atoms with van der Waals surface area (Å²) in [5.41, 5.74) is 11.5. The maximum atomic E-state index is 12.7. The standard InChI is InChI=1S/C33H39N7O/c1-40(33(34)41,32-11-3-2-4-12-32)39-21-17-31(18-22-39)38(26-30-10-6-8-20-37-30)25-28-15-13-27(14-16-28)23-35-24-29-9-5-7-19-36-29/h2-16,19-20,31,35H,17-18,21-26H2,1H3,(H-,34,41)/p+1. The van der Waals surface area contributed by atoms with E-state index in [0.717, 1.165) is 69.2 Å². The summed E-state index contributed by atoms with van der Waals surface area (Å²) in [6.45, 7) is 4.71. The number of carbonyl (C=O) groups excluding carboxylic acids is 1. The summed E-state index contributed by atoms with van der Waals surface area (Å²) in [5, 5.41) is 5.67. The lowest BCUT2D eigenvalue weighted by atomic mass is 10.0. The van der Waals surface area contributed by atoms with Gasteiger partial charge in [-0.3, -0.25) is 14.9 Å². The summed E-state index contributed by atoms with van der Waals surface area (Å²) in [6.07, 6.45) is 5.57. The van der Waals surface area contributed by atoms with E-state index >= 15 is 0 Å². The number of hydrogen-bond acceptors (Lipinski definition) is 6. The van der Waals surface area contributed by atoms with Crippen LogP contribution in [0.15, 0.2) is 103 Å². The van der Waals surface area contributed by atoms with Gasteiger partial charge in [0.15, 0.2) is 5.69 Å². The Bertz CT molecular complexity index is 1360. The van der Waals surface area contributed by atoms with Gasteiger partial charge in [-0.1, -0.05) is 54.6 Å². The molecule has 8 heteroatoms. The number of urea groups is 1. The van der Waals surface area contributed by atoms with Crippen molar-refractivity contribution >= 4 is 11.7 Å². The third-order valence-electron chi connectivity index (χ3n) is 8.07. The van der Waals surface area contributed by atoms with Crippen molar-refractivity contribution in [3.8, 4) is 0 Å². The zero-order chi connectivity index (χ0) is 28.5. The second-order valence-electron chi connectivity index (χ2n) is 10.8. The first kappa shape index (κ1) is 28.6. The van der Waals surface area contributed by atoms with E-state index in [4.69, 9.17) is 5.73 Å². The smallest absolute Gasteiger partial charge is 0.317 e. The number of nitrogens with one attached hydrogen (secondary N) is 1. The molecule has 3 heterocycles. The molecule has 0 saturated carbocycles. The number of rotatable bonds is 11. The molecule has 0 bridgehead atoms. The Hall–Kier alpha value is -3.95. The molecule has 212 valence electrons. The fraction of sp³-hybridized carbons (Fsp3) is 0.303. The fourth-order valence-corrected chi connectivity index (χ4v) is 5.61. The van der Waals surface area contributed by atoms with Crippen LogP contribution in [-0.2, 0) is 26.2 Å². The normalized spacial score (nSPS) is 16.0. The van der Waals surface area contributed by atoms with Gasteiger partial charge in [-0.2, -0.15) is 0 Å². The molecule has 3 N–H and O–H groups in total. The van der Waals surface area contributed by atoms with Gasteiger partial charge in [-0.05, 0) is 48.2 Å². The largest absolute Gasteiger partial charge is 0.438 e. The van der Waals surface area contributed by atoms with Gasteiger partial charge in [-0.15, -0.1) is 9.60 Å². The number of pyridine rings is 2. The minimum Gasteiger partial charge on any atom is -0.317 e. The van der Waals surface area contributed by atoms with Crippen molar-refractivity contribution in [1.29, 1.82) is 0 Å². The van der Waals surface area contributed by atoms with Crippen LogP contribution in [0, 0.1) is 0 Å². The highest BCUT2D eigenvalue weighted by Crippen LogP contribution is 2.29. The van der Waals surface area contributed by atoms with E-state index in [1.165, 1.54) is 11.1 Å². The molecule has 2 amide bonds. The minimum atomic E-state index is -0.366. The molecule has 0 radical (unpaired) electrons. The van der Waals surface area contributed by atoms with E-state index in [1.807, 2.05) is 80.1 Å². The van der Waals surface area contributed by atoms with Gasteiger partial charge >= 0.3 is 6.03 Å². The predicted octanol–water partition coefficient (Wildman–Crippen LogP) is 4.86. The molecular weight excluding hydrogens is 510 g/mol. The van der Waals surface area contributed by atoms with Crippen LogP contribution in [0.1, 0.15) is 35.4 Å². The molecule has 2 aromatic carbocycles. The third-order valence-corrected chi connectivity index (χ3v) is 8.07. The highest BCUT2D eigenvalue weighted by molar-refractivity contribution is 5.84. The number of amides is 2. The van der Waals surface area contributed by atoms with Crippen LogP contribution in [0.4, 0.5) is 10.5 Å². The predicted molar refractivity (Wildman–Crippen MR) is 163 cm³/mol. The van der Waals surface area contributed by atoms with Crippen LogP contribution in [0.3, 0.4) is 0 Å². The maximum absolute atomic E-state index is 12.7. The number of primary amides is 1. The average Bonchev–Trinajstić information content (AvgIpc) is 3.02. The summed E-state index contributed by atoms with van der Waals surface area (Å²) >= 11 is 0. The Morgan fingerprint density at radius 3 is 2.05 bits per heavy atom. The van der Waals surface area contributed by atoms with Crippen molar-refractivity contribution in [2.24, 2.45) is 5.73 Å². The Morgan fingerprint density at radius 1 is 0.829 bits per heavy atom. The zero-order valence-corrected chi connectivity index (χ0v) is 23.8. The first-order valence-electron chi connectivity index (χ1n) is 14.3. The first-order valence-corrected chi connectivity index (χ1v) is 14.3. The third kappa shape index (κ3) is 7.23. The monoisotopic (exact) mass is 550 g/mol. The van der Waals surface area contributed by atoms with E-state index in [1.54, 1.807) is 0 Å². The summed E-state index contributed by atoms with van der Waals surface area (Å²) < 4.78 is -0.0103. The molecule has 1 unspecified atom stereocenters. The number of nitrogens with two attached hydrogens (primary N) is 1. The quantitative estimate of drug-likeness (QED) is 0.259. The highest BCUT2D eigenvalue weighted by Gasteiger charge is 2.42. The number of benzene rings is 2. The fourth-order valence-electron chi connectivity index (χ4n) is 5.61. The summed E-state index contributed by atoms with van der Waals surface area (Å²) in [4.78, 5) is 24.2. The van der Waals surface area contributed by atoms with Gasteiger partial charge in [0.1, 0.15) is 7.05 Å². The van der Waals surface area contributed by atoms with Gasteiger partial charge in [0.05, 0.1) is 24.5 Å². The lowest BCUT2D eigenvalue weighted by Gasteiger charge is -2.44. The highest BCUT2D eigenvalue weighted by atomic mass is 16.2. The second-order valence-corrected chi connectivity index (χ2v) is 10.8. The van der Waals surface area contributed by atoms with Gasteiger partial charge in [-0.25, -0.2) is 4.79 Å². The lowest BCUT2D eigenvalue weighted by molar-refractivity contribution is -0.00295. The Balaban J connectivity index is 1.24. The minimum absolute atomic E-state index is 0.0103. The molecule has 4 aromatic rings. The average molecular weight is 551 g/mol. The van der Waals surface area contributed by atoms with Crippen LogP contribution in [-0.4, -0.2) is 52.1 Å². The molecule has 1 aliphatic rings. The van der Waals surface area contributed by atoms with Crippen molar-refractivity contribution in [2.75, 3.05) is 20.1 Å². The van der Waals surface area contributed by atoms with Crippen LogP contribution in [0.25, 0.3) is 0 Å². The van der Waals surface area contributed by atoms with Crippen molar-refractivity contribution in [3.63, 3.8) is 0 Å². The lowest BCUT2D eigenvalue weighted by Crippen LogP contribution is -2.67. The molecule has 1 saturated heterocycles. The summed E-state index contributed by atoms with van der Waals surface area (Å²) in [5.74, 6) is 0. The molecule has 1 fully saturated rings. The van der Waals surface area contributed by atoms with E-state index in [2.05, 4.69) is 55.5 Å². The number of piperidine rings is 1. The molecule has 5 rings (SSSR count). The Morgan fingerprint density at radius 2 is 1.44 bits per heavy atom. The van der Waals surface area contributed by atoms with Crippen LogP contribution in [0.2, 0.25) is 0 Å². The molecule has 0 aliphatic carbocycles. The van der Waals surface area contributed by atoms with Crippen LogP contribution < -0.4 is 15.6 Å². The topological polar surface area (TPSA) is 87.4 Å². The Kier molecular flexibility index (Phi) is 9.48. The van der Waals surface area contributed by atoms with Gasteiger partial charge in [0.25, 0.3) is 0 Å². The van der Waals surface area contributed by atoms with E-state index < -0.39 is 0 Å². The molecule has 8 nitrogen and oxygen atoms in total. The van der Waals surface area contributed by atoms with Crippen LogP contribution >= 0.6 is 0 Å². The van der Waals surface area contributed by atoms with Gasteiger partial charge in [0.2, 0.25) is 0 Å². The number of aromatic nitrogens is 2. The van der Waals surface area contributed by atoms with Crippen molar-refractivity contribution in [1.82, 2.24) is 29.8 Å². The van der Waals surface area contributed by atoms with Gasteiger partial charge < -0.3 is 11.1 Å². The first-order chi connectivity index (χ1) is 20.0. The molecule has 2 aromatic heterocycles. The molecule has 41 heavy (non-hydrogen) atoms. The van der Waals surface area contributed by atoms with E-state index in [-0.39, 0.29) is 10.6 Å². The summed E-state index contributed by atoms with van der Waals surface area (Å²) in [6, 6.07) is 30.8. The second kappa shape index (κ2) is 13.6. The molecule has 1 atom stereocenters. The number of nitrogens with zero attached hydrogens (tertiary/aromatic N) is 5. The SMILES string of the molecule is C[N+](C(N)=O)(c1ccccc1)N1CCC(N(Cc2ccc(CNCc3ccccn3)cc2)Cc2ccccn2)CC1. The maximum Gasteiger partial charge on any atom is 0.438 e. The number of quaternary nitrogens is 1. The Labute approximate surface area is 243 Å². The van der Waals surface area contributed by atoms with Crippen molar-refractivity contribution in [3.05, 3.63) is 126 Å². The van der Waals surface area contributed by atoms with E-state index in [0.29, 0.717) is 6.04 Å². The van der Waals surface area contributed by atoms with Gasteiger partial charge in [0, 0.05) is 56.7 Å². The number of para-hydroxylation sites is 1. The van der Waals surface area contributed by atoms with Crippen LogP contribution in [0.5, 0.6) is 0 Å². The zero-order valence-electron chi connectivity index (χ0n) is 23.8. The molecule has 1 aliphatic heterocycles. The van der Waals surface area contributed by atoms with Crippen molar-refractivity contribution < 1.29 is 4.79 Å².